The van der Waals surface area contributed by atoms with E-state index in [1.807, 2.05) is 53.2 Å². The molecule has 158 valence electrons. The largest absolute Gasteiger partial charge is 0.424 e. The van der Waals surface area contributed by atoms with Gasteiger partial charge in [0.2, 0.25) is 11.5 Å². The molecule has 1 aliphatic heterocycles. The number of carbonyl (C=O) groups is 1. The third kappa shape index (κ3) is 3.52. The molecule has 1 amide bonds. The number of hydrogen-bond acceptors (Lipinski definition) is 4. The van der Waals surface area contributed by atoms with Crippen LogP contribution in [0.25, 0.3) is 0 Å². The minimum absolute atomic E-state index is 0.241. The van der Waals surface area contributed by atoms with E-state index in [0.717, 1.165) is 11.3 Å². The lowest BCUT2D eigenvalue weighted by Crippen LogP contribution is -2.49. The first kappa shape index (κ1) is 20.6. The van der Waals surface area contributed by atoms with E-state index in [0.29, 0.717) is 23.6 Å². The molecule has 1 N–H and O–H groups in total. The van der Waals surface area contributed by atoms with Crippen LogP contribution in [0.3, 0.4) is 0 Å². The van der Waals surface area contributed by atoms with E-state index in [1.54, 1.807) is 6.92 Å². The first-order valence-corrected chi connectivity index (χ1v) is 10.3. The van der Waals surface area contributed by atoms with E-state index in [-0.39, 0.29) is 6.54 Å². The Kier molecular flexibility index (Phi) is 5.19. The molecule has 0 aliphatic carbocycles. The number of thiazole rings is 1. The number of halogens is 3. The van der Waals surface area contributed by atoms with E-state index in [4.69, 9.17) is 0 Å². The Morgan fingerprint density at radius 2 is 1.93 bits per heavy atom. The molecule has 3 aromatic rings. The van der Waals surface area contributed by atoms with E-state index < -0.39 is 35.2 Å². The molecule has 0 fully saturated rings. The second-order valence-electron chi connectivity index (χ2n) is 7.36. The van der Waals surface area contributed by atoms with Gasteiger partial charge in [0.15, 0.2) is 0 Å². The van der Waals surface area contributed by atoms with Crippen molar-refractivity contribution in [3.05, 3.63) is 76.0 Å². The summed E-state index contributed by atoms with van der Waals surface area (Å²) in [6.45, 7) is 2.26. The van der Waals surface area contributed by atoms with Crippen LogP contribution < -0.4 is 0 Å². The molecule has 0 saturated carbocycles. The van der Waals surface area contributed by atoms with Gasteiger partial charge in [0.25, 0.3) is 0 Å². The fourth-order valence-corrected chi connectivity index (χ4v) is 4.71. The van der Waals surface area contributed by atoms with Crippen LogP contribution in [0.4, 0.5) is 13.2 Å². The highest BCUT2D eigenvalue weighted by Gasteiger charge is 2.58. The maximum atomic E-state index is 13.9. The maximum Gasteiger partial charge on any atom is 0.424 e. The highest BCUT2D eigenvalue weighted by molar-refractivity contribution is 7.09. The van der Waals surface area contributed by atoms with Gasteiger partial charge in [0.1, 0.15) is 5.01 Å². The molecule has 0 radical (unpaired) electrons. The van der Waals surface area contributed by atoms with Crippen molar-refractivity contribution in [2.75, 3.05) is 6.54 Å². The van der Waals surface area contributed by atoms with Gasteiger partial charge in [-0.25, -0.2) is 4.98 Å². The quantitative estimate of drug-likeness (QED) is 0.673. The lowest BCUT2D eigenvalue weighted by atomic mass is 9.95. The molecule has 1 aromatic carbocycles. The SMILES string of the molecule is Cc1csc([C@](O)(CC(=O)N2CCn3cccc3[C@H]2c2ccccc2)C(F)(F)F)n1. The predicted molar refractivity (Wildman–Crippen MR) is 106 cm³/mol. The molecule has 4 rings (SSSR count). The zero-order valence-electron chi connectivity index (χ0n) is 16.1. The van der Waals surface area contributed by atoms with Crippen molar-refractivity contribution in [2.45, 2.75) is 37.7 Å². The van der Waals surface area contributed by atoms with Gasteiger partial charge < -0.3 is 14.6 Å². The van der Waals surface area contributed by atoms with Crippen molar-refractivity contribution in [1.29, 1.82) is 0 Å². The molecule has 0 saturated heterocycles. The van der Waals surface area contributed by atoms with Crippen molar-refractivity contribution >= 4 is 17.2 Å². The van der Waals surface area contributed by atoms with Crippen LogP contribution in [0, 0.1) is 6.92 Å². The van der Waals surface area contributed by atoms with Crippen LogP contribution in [0.1, 0.15) is 34.4 Å². The average molecular weight is 435 g/mol. The van der Waals surface area contributed by atoms with Gasteiger partial charge >= 0.3 is 6.18 Å². The zero-order chi connectivity index (χ0) is 21.5. The fraction of sp³-hybridized carbons (Fsp3) is 0.333. The van der Waals surface area contributed by atoms with Crippen LogP contribution in [-0.4, -0.2) is 38.2 Å². The van der Waals surface area contributed by atoms with Crippen LogP contribution in [-0.2, 0) is 16.9 Å². The number of fused-ring (bicyclic) bond motifs is 1. The molecule has 3 heterocycles. The lowest BCUT2D eigenvalue weighted by Gasteiger charge is -2.39. The molecule has 2 atom stereocenters. The molecular weight excluding hydrogens is 415 g/mol. The number of hydrogen-bond donors (Lipinski definition) is 1. The Labute approximate surface area is 175 Å². The van der Waals surface area contributed by atoms with E-state index in [9.17, 15) is 23.1 Å². The number of aromatic nitrogens is 2. The summed E-state index contributed by atoms with van der Waals surface area (Å²) < 4.78 is 43.6. The van der Waals surface area contributed by atoms with Crippen LogP contribution in [0.15, 0.2) is 54.0 Å². The maximum absolute atomic E-state index is 13.9. The van der Waals surface area contributed by atoms with Crippen LogP contribution in [0.2, 0.25) is 0 Å². The summed E-state index contributed by atoms with van der Waals surface area (Å²) in [5.41, 5.74) is -1.35. The van der Waals surface area contributed by atoms with Crippen LogP contribution >= 0.6 is 11.3 Å². The number of rotatable bonds is 4. The first-order chi connectivity index (χ1) is 14.2. The van der Waals surface area contributed by atoms with Gasteiger partial charge in [-0.2, -0.15) is 13.2 Å². The van der Waals surface area contributed by atoms with E-state index >= 15 is 0 Å². The number of carbonyl (C=O) groups excluding carboxylic acids is 1. The number of amides is 1. The standard InChI is InChI=1S/C21H20F3N3O2S/c1-14-13-30-19(25-14)20(29,21(22,23)24)12-17(28)27-11-10-26-9-5-8-16(26)18(27)15-6-3-2-4-7-15/h2-9,13,18,29H,10-12H2,1H3/t18-,20-/m1/s1. The predicted octanol–water partition coefficient (Wildman–Crippen LogP) is 4.02. The monoisotopic (exact) mass is 435 g/mol. The Morgan fingerprint density at radius 1 is 1.20 bits per heavy atom. The Hall–Kier alpha value is -2.65. The Bertz CT molecular complexity index is 1050. The molecule has 30 heavy (non-hydrogen) atoms. The average Bonchev–Trinajstić information content (AvgIpc) is 3.35. The van der Waals surface area contributed by atoms with Crippen LogP contribution in [0.5, 0.6) is 0 Å². The molecule has 1 aliphatic rings. The van der Waals surface area contributed by atoms with Gasteiger partial charge in [-0.15, -0.1) is 11.3 Å². The summed E-state index contributed by atoms with van der Waals surface area (Å²) in [6.07, 6.45) is -4.27. The van der Waals surface area contributed by atoms with E-state index in [2.05, 4.69) is 4.98 Å². The van der Waals surface area contributed by atoms with Crippen molar-refractivity contribution in [2.24, 2.45) is 0 Å². The zero-order valence-corrected chi connectivity index (χ0v) is 17.0. The highest BCUT2D eigenvalue weighted by Crippen LogP contribution is 2.44. The molecule has 0 spiro atoms. The van der Waals surface area contributed by atoms with Crippen molar-refractivity contribution < 1.29 is 23.1 Å². The summed E-state index contributed by atoms with van der Waals surface area (Å²) in [4.78, 5) is 18.4. The van der Waals surface area contributed by atoms with E-state index in [1.165, 1.54) is 10.3 Å². The van der Waals surface area contributed by atoms with Gasteiger partial charge in [0, 0.05) is 36.1 Å². The van der Waals surface area contributed by atoms with Gasteiger partial charge in [-0.3, -0.25) is 4.79 Å². The third-order valence-corrected chi connectivity index (χ3v) is 6.43. The fourth-order valence-electron chi connectivity index (χ4n) is 3.80. The minimum Gasteiger partial charge on any atom is -0.374 e. The summed E-state index contributed by atoms with van der Waals surface area (Å²) in [6, 6.07) is 12.3. The number of benzene rings is 1. The first-order valence-electron chi connectivity index (χ1n) is 9.42. The molecule has 2 aromatic heterocycles. The number of alkyl halides is 3. The summed E-state index contributed by atoms with van der Waals surface area (Å²) in [5.74, 6) is -0.774. The van der Waals surface area contributed by atoms with Crippen molar-refractivity contribution in [1.82, 2.24) is 14.5 Å². The van der Waals surface area contributed by atoms with Gasteiger partial charge in [-0.05, 0) is 24.6 Å². The second-order valence-corrected chi connectivity index (χ2v) is 8.21. The second kappa shape index (κ2) is 7.55. The Morgan fingerprint density at radius 3 is 2.57 bits per heavy atom. The lowest BCUT2D eigenvalue weighted by molar-refractivity contribution is -0.268. The summed E-state index contributed by atoms with van der Waals surface area (Å²) in [7, 11) is 0. The summed E-state index contributed by atoms with van der Waals surface area (Å²) in [5, 5.41) is 11.5. The normalized spacial score (nSPS) is 18.7. The highest BCUT2D eigenvalue weighted by atomic mass is 32.1. The number of aliphatic hydroxyl groups is 1. The van der Waals surface area contributed by atoms with Crippen molar-refractivity contribution in [3.8, 4) is 0 Å². The summed E-state index contributed by atoms with van der Waals surface area (Å²) >= 11 is 0.703. The third-order valence-electron chi connectivity index (χ3n) is 5.32. The minimum atomic E-state index is -5.04. The number of aryl methyl sites for hydroxylation is 1. The molecule has 9 heteroatoms. The van der Waals surface area contributed by atoms with Gasteiger partial charge in [-0.1, -0.05) is 30.3 Å². The smallest absolute Gasteiger partial charge is 0.374 e. The molecule has 5 nitrogen and oxygen atoms in total. The van der Waals surface area contributed by atoms with Gasteiger partial charge in [0.05, 0.1) is 12.5 Å². The molecule has 0 bridgehead atoms. The Balaban J connectivity index is 1.70. The molecular formula is C21H20F3N3O2S. The number of nitrogens with zero attached hydrogens (tertiary/aromatic N) is 3. The topological polar surface area (TPSA) is 58.4 Å². The molecule has 0 unspecified atom stereocenters. The van der Waals surface area contributed by atoms with Crippen molar-refractivity contribution in [3.63, 3.8) is 0 Å².